The van der Waals surface area contributed by atoms with Gasteiger partial charge in [-0.15, -0.1) is 0 Å². The lowest BCUT2D eigenvalue weighted by Gasteiger charge is -2.15. The van der Waals surface area contributed by atoms with Gasteiger partial charge in [0.05, 0.1) is 11.7 Å². The predicted molar refractivity (Wildman–Crippen MR) is 71.0 cm³/mol. The summed E-state index contributed by atoms with van der Waals surface area (Å²) in [5.41, 5.74) is 7.40. The van der Waals surface area contributed by atoms with Crippen molar-refractivity contribution in [1.29, 1.82) is 0 Å². The van der Waals surface area contributed by atoms with Crippen molar-refractivity contribution in [2.45, 2.75) is 26.8 Å². The highest BCUT2D eigenvalue weighted by Crippen LogP contribution is 2.26. The maximum absolute atomic E-state index is 13.7. The van der Waals surface area contributed by atoms with Gasteiger partial charge in [-0.1, -0.05) is 0 Å². The molecule has 1 atom stereocenters. The van der Waals surface area contributed by atoms with Crippen LogP contribution < -0.4 is 11.1 Å². The fourth-order valence-corrected chi connectivity index (χ4v) is 2.04. The molecule has 0 amide bonds. The second-order valence-electron chi connectivity index (χ2n) is 4.47. The van der Waals surface area contributed by atoms with Crippen LogP contribution in [0.3, 0.4) is 0 Å². The summed E-state index contributed by atoms with van der Waals surface area (Å²) in [5, 5.41) is 3.12. The van der Waals surface area contributed by atoms with Crippen molar-refractivity contribution in [2.75, 3.05) is 11.1 Å². The Morgan fingerprint density at radius 2 is 2.00 bits per heavy atom. The lowest BCUT2D eigenvalue weighted by molar-refractivity contribution is 0.499. The molecule has 0 spiro atoms. The average molecular weight is 248 g/mol. The van der Waals surface area contributed by atoms with E-state index in [1.807, 2.05) is 26.8 Å². The van der Waals surface area contributed by atoms with E-state index in [0.29, 0.717) is 11.4 Å². The van der Waals surface area contributed by atoms with Gasteiger partial charge >= 0.3 is 0 Å². The average Bonchev–Trinajstić information content (AvgIpc) is 2.62. The summed E-state index contributed by atoms with van der Waals surface area (Å²) in [6, 6.07) is 6.56. The third-order valence-electron chi connectivity index (χ3n) is 2.91. The number of nitrogens with two attached hydrogens (primary N) is 1. The number of hydrogen-bond donors (Lipinski definition) is 2. The normalized spacial score (nSPS) is 12.4. The molecule has 1 aromatic carbocycles. The highest BCUT2D eigenvalue weighted by Gasteiger charge is 2.14. The number of halogens is 1. The Hall–Kier alpha value is -1.97. The van der Waals surface area contributed by atoms with E-state index < -0.39 is 0 Å². The summed E-state index contributed by atoms with van der Waals surface area (Å²) >= 11 is 0. The van der Waals surface area contributed by atoms with Crippen LogP contribution in [0.4, 0.5) is 15.8 Å². The molecule has 18 heavy (non-hydrogen) atoms. The molecule has 0 radical (unpaired) electrons. The maximum Gasteiger partial charge on any atom is 0.148 e. The minimum absolute atomic E-state index is 0.0272. The van der Waals surface area contributed by atoms with Crippen molar-refractivity contribution in [3.05, 3.63) is 47.2 Å². The monoisotopic (exact) mass is 248 g/mol. The molecule has 0 aliphatic carbocycles. The number of hydrogen-bond acceptors (Lipinski definition) is 3. The van der Waals surface area contributed by atoms with Gasteiger partial charge in [0, 0.05) is 11.3 Å². The van der Waals surface area contributed by atoms with Crippen LogP contribution >= 0.6 is 0 Å². The largest absolute Gasteiger partial charge is 0.466 e. The molecule has 0 fully saturated rings. The standard InChI is InChI=1S/C14H17FN2O/c1-8-6-12(10(3)18-8)9(2)17-14-5-4-11(16)7-13(14)15/h4-7,9,17H,16H2,1-3H3. The van der Waals surface area contributed by atoms with Crippen LogP contribution in [0.5, 0.6) is 0 Å². The molecule has 3 nitrogen and oxygen atoms in total. The van der Waals surface area contributed by atoms with E-state index in [0.717, 1.165) is 17.1 Å². The first kappa shape index (κ1) is 12.5. The molecule has 0 bridgehead atoms. The lowest BCUT2D eigenvalue weighted by atomic mass is 10.1. The molecular formula is C14H17FN2O. The number of aryl methyl sites for hydroxylation is 2. The molecule has 1 aromatic heterocycles. The number of rotatable bonds is 3. The second kappa shape index (κ2) is 4.72. The van der Waals surface area contributed by atoms with Gasteiger partial charge < -0.3 is 15.5 Å². The third kappa shape index (κ3) is 2.47. The fourth-order valence-electron chi connectivity index (χ4n) is 2.04. The Morgan fingerprint density at radius 1 is 1.28 bits per heavy atom. The van der Waals surface area contributed by atoms with Crippen molar-refractivity contribution in [3.63, 3.8) is 0 Å². The van der Waals surface area contributed by atoms with Crippen molar-refractivity contribution in [3.8, 4) is 0 Å². The van der Waals surface area contributed by atoms with Crippen LogP contribution in [-0.2, 0) is 0 Å². The van der Waals surface area contributed by atoms with E-state index >= 15 is 0 Å². The summed E-state index contributed by atoms with van der Waals surface area (Å²) in [6.45, 7) is 5.76. The van der Waals surface area contributed by atoms with E-state index in [9.17, 15) is 4.39 Å². The first-order valence-electron chi connectivity index (χ1n) is 5.86. The summed E-state index contributed by atoms with van der Waals surface area (Å²) in [6.07, 6.45) is 0. The number of benzene rings is 1. The topological polar surface area (TPSA) is 51.2 Å². The molecule has 4 heteroatoms. The summed E-state index contributed by atoms with van der Waals surface area (Å²) < 4.78 is 19.1. The van der Waals surface area contributed by atoms with Gasteiger partial charge in [0.25, 0.3) is 0 Å². The molecule has 0 aliphatic heterocycles. The van der Waals surface area contributed by atoms with E-state index in [1.165, 1.54) is 6.07 Å². The van der Waals surface area contributed by atoms with E-state index in [4.69, 9.17) is 10.2 Å². The molecule has 2 rings (SSSR count). The Bertz CT molecular complexity index is 563. The molecule has 1 unspecified atom stereocenters. The van der Waals surface area contributed by atoms with Gasteiger partial charge in [0.1, 0.15) is 17.3 Å². The first-order chi connectivity index (χ1) is 8.47. The van der Waals surface area contributed by atoms with E-state index in [1.54, 1.807) is 12.1 Å². The number of furan rings is 1. The van der Waals surface area contributed by atoms with Crippen LogP contribution in [0.25, 0.3) is 0 Å². The zero-order chi connectivity index (χ0) is 13.3. The summed E-state index contributed by atoms with van der Waals surface area (Å²) in [5.74, 6) is 1.36. The predicted octanol–water partition coefficient (Wildman–Crippen LogP) is 3.79. The molecule has 0 saturated heterocycles. The Labute approximate surface area is 106 Å². The zero-order valence-corrected chi connectivity index (χ0v) is 10.8. The van der Waals surface area contributed by atoms with Gasteiger partial charge in [-0.3, -0.25) is 0 Å². The third-order valence-corrected chi connectivity index (χ3v) is 2.91. The number of nitrogen functional groups attached to an aromatic ring is 1. The Morgan fingerprint density at radius 3 is 2.56 bits per heavy atom. The molecule has 96 valence electrons. The van der Waals surface area contributed by atoms with Crippen LogP contribution in [0.2, 0.25) is 0 Å². The lowest BCUT2D eigenvalue weighted by Crippen LogP contribution is -2.08. The van der Waals surface area contributed by atoms with E-state index in [2.05, 4.69) is 5.32 Å². The van der Waals surface area contributed by atoms with Crippen LogP contribution in [0, 0.1) is 19.7 Å². The summed E-state index contributed by atoms with van der Waals surface area (Å²) in [7, 11) is 0. The zero-order valence-electron chi connectivity index (χ0n) is 10.8. The fraction of sp³-hybridized carbons (Fsp3) is 0.286. The number of nitrogens with one attached hydrogen (secondary N) is 1. The van der Waals surface area contributed by atoms with E-state index in [-0.39, 0.29) is 11.9 Å². The molecule has 0 saturated carbocycles. The molecule has 1 heterocycles. The van der Waals surface area contributed by atoms with Crippen LogP contribution in [0.1, 0.15) is 30.0 Å². The van der Waals surface area contributed by atoms with Crippen molar-refractivity contribution < 1.29 is 8.81 Å². The quantitative estimate of drug-likeness (QED) is 0.812. The molecule has 0 aliphatic rings. The maximum atomic E-state index is 13.7. The van der Waals surface area contributed by atoms with Gasteiger partial charge in [-0.05, 0) is 45.0 Å². The van der Waals surface area contributed by atoms with Gasteiger partial charge in [-0.25, -0.2) is 4.39 Å². The Balaban J connectivity index is 2.21. The smallest absolute Gasteiger partial charge is 0.148 e. The van der Waals surface area contributed by atoms with Gasteiger partial charge in [0.15, 0.2) is 0 Å². The molecule has 3 N–H and O–H groups in total. The van der Waals surface area contributed by atoms with Crippen LogP contribution in [-0.4, -0.2) is 0 Å². The highest BCUT2D eigenvalue weighted by molar-refractivity contribution is 5.53. The van der Waals surface area contributed by atoms with Gasteiger partial charge in [0.2, 0.25) is 0 Å². The first-order valence-corrected chi connectivity index (χ1v) is 5.86. The van der Waals surface area contributed by atoms with Gasteiger partial charge in [-0.2, -0.15) is 0 Å². The highest BCUT2D eigenvalue weighted by atomic mass is 19.1. The summed E-state index contributed by atoms with van der Waals surface area (Å²) in [4.78, 5) is 0. The SMILES string of the molecule is Cc1cc(C(C)Nc2ccc(N)cc2F)c(C)o1. The number of anilines is 2. The van der Waals surface area contributed by atoms with Crippen LogP contribution in [0.15, 0.2) is 28.7 Å². The second-order valence-corrected chi connectivity index (χ2v) is 4.47. The van der Waals surface area contributed by atoms with Crippen molar-refractivity contribution >= 4 is 11.4 Å². The minimum Gasteiger partial charge on any atom is -0.466 e. The van der Waals surface area contributed by atoms with Crippen molar-refractivity contribution in [2.24, 2.45) is 0 Å². The van der Waals surface area contributed by atoms with Crippen molar-refractivity contribution in [1.82, 2.24) is 0 Å². The minimum atomic E-state index is -0.347. The molecule has 2 aromatic rings. The molecular weight excluding hydrogens is 231 g/mol. The Kier molecular flexibility index (Phi) is 3.28.